The van der Waals surface area contributed by atoms with Crippen LogP contribution in [0.3, 0.4) is 0 Å². The van der Waals surface area contributed by atoms with E-state index >= 15 is 0 Å². The number of halogens is 2. The Labute approximate surface area is 136 Å². The number of nitrogens with one attached hydrogen (secondary N) is 1. The molecule has 0 atom stereocenters. The van der Waals surface area contributed by atoms with Gasteiger partial charge in [0.2, 0.25) is 0 Å². The normalized spacial score (nSPS) is 11.0. The van der Waals surface area contributed by atoms with Gasteiger partial charge in [-0.25, -0.2) is 0 Å². The van der Waals surface area contributed by atoms with Gasteiger partial charge in [0.05, 0.1) is 5.02 Å². The first kappa shape index (κ1) is 17.8. The third-order valence-corrected chi connectivity index (χ3v) is 3.48. The summed E-state index contributed by atoms with van der Waals surface area (Å²) < 4.78 is 6.16. The molecule has 0 saturated heterocycles. The summed E-state index contributed by atoms with van der Waals surface area (Å²) in [5, 5.41) is 11.8. The molecule has 2 N–H and O–H groups in total. The molecule has 0 unspecified atom stereocenters. The van der Waals surface area contributed by atoms with Gasteiger partial charge in [-0.1, -0.05) is 27.5 Å². The molecule has 0 saturated carbocycles. The van der Waals surface area contributed by atoms with E-state index in [1.165, 1.54) is 0 Å². The van der Waals surface area contributed by atoms with E-state index in [0.717, 1.165) is 4.47 Å². The Morgan fingerprint density at radius 1 is 1.43 bits per heavy atom. The third kappa shape index (κ3) is 6.82. The van der Waals surface area contributed by atoms with E-state index in [-0.39, 0.29) is 18.9 Å². The van der Waals surface area contributed by atoms with Crippen LogP contribution in [0.2, 0.25) is 5.02 Å². The molecule has 1 rings (SSSR count). The van der Waals surface area contributed by atoms with Gasteiger partial charge < -0.3 is 15.2 Å². The summed E-state index contributed by atoms with van der Waals surface area (Å²) in [5.74, 6) is -0.807. The van der Waals surface area contributed by atoms with Crippen LogP contribution in [0.4, 0.5) is 0 Å². The molecule has 0 spiro atoms. The summed E-state index contributed by atoms with van der Waals surface area (Å²) in [6.07, 6.45) is 0.333. The van der Waals surface area contributed by atoms with E-state index in [9.17, 15) is 9.59 Å². The van der Waals surface area contributed by atoms with E-state index in [1.54, 1.807) is 32.0 Å². The van der Waals surface area contributed by atoms with E-state index in [4.69, 9.17) is 21.4 Å². The summed E-state index contributed by atoms with van der Waals surface area (Å²) in [4.78, 5) is 22.4. The fourth-order valence-corrected chi connectivity index (χ4v) is 2.36. The molecule has 1 aromatic carbocycles. The van der Waals surface area contributed by atoms with Crippen molar-refractivity contribution in [3.05, 3.63) is 27.7 Å². The molecule has 0 aliphatic heterocycles. The zero-order valence-electron chi connectivity index (χ0n) is 11.8. The minimum Gasteiger partial charge on any atom is -0.482 e. The van der Waals surface area contributed by atoms with E-state index < -0.39 is 11.5 Å². The molecule has 7 heteroatoms. The number of ether oxygens (including phenoxy) is 1. The fraction of sp³-hybridized carbons (Fsp3) is 0.429. The lowest BCUT2D eigenvalue weighted by molar-refractivity contribution is -0.138. The van der Waals surface area contributed by atoms with Crippen molar-refractivity contribution in [3.8, 4) is 5.75 Å². The Hall–Kier alpha value is -1.27. The van der Waals surface area contributed by atoms with Crippen molar-refractivity contribution in [3.63, 3.8) is 0 Å². The van der Waals surface area contributed by atoms with Gasteiger partial charge in [0.1, 0.15) is 5.75 Å². The number of aliphatic carboxylic acids is 1. The van der Waals surface area contributed by atoms with Gasteiger partial charge in [-0.2, -0.15) is 0 Å². The zero-order valence-corrected chi connectivity index (χ0v) is 14.1. The predicted molar refractivity (Wildman–Crippen MR) is 83.7 cm³/mol. The standard InChI is InChI=1S/C14H17BrClNO4/c1-14(2,6-5-13(19)20)17-12(18)8-21-11-4-3-9(15)7-10(11)16/h3-4,7H,5-6,8H2,1-2H3,(H,17,18)(H,19,20). The number of carbonyl (C=O) groups excluding carboxylic acids is 1. The molecule has 116 valence electrons. The second kappa shape index (κ2) is 7.66. The molecule has 0 aliphatic rings. The zero-order chi connectivity index (χ0) is 16.0. The summed E-state index contributed by atoms with van der Waals surface area (Å²) in [6, 6.07) is 5.09. The van der Waals surface area contributed by atoms with E-state index in [2.05, 4.69) is 21.2 Å². The summed E-state index contributed by atoms with van der Waals surface area (Å²) >= 11 is 9.26. The second-order valence-corrected chi connectivity index (χ2v) is 6.51. The maximum absolute atomic E-state index is 11.8. The summed E-state index contributed by atoms with van der Waals surface area (Å²) in [7, 11) is 0. The number of benzene rings is 1. The number of amides is 1. The average Bonchev–Trinajstić information content (AvgIpc) is 2.35. The van der Waals surface area contributed by atoms with Gasteiger partial charge >= 0.3 is 5.97 Å². The van der Waals surface area contributed by atoms with E-state index in [1.807, 2.05) is 0 Å². The molecule has 0 fully saturated rings. The quantitative estimate of drug-likeness (QED) is 0.764. The van der Waals surface area contributed by atoms with Crippen LogP contribution >= 0.6 is 27.5 Å². The molecule has 21 heavy (non-hydrogen) atoms. The Morgan fingerprint density at radius 3 is 2.67 bits per heavy atom. The Bertz CT molecular complexity index is 534. The van der Waals surface area contributed by atoms with Gasteiger partial charge in [0.25, 0.3) is 5.91 Å². The molecule has 0 aliphatic carbocycles. The molecular formula is C14H17BrClNO4. The van der Waals surface area contributed by atoms with Crippen LogP contribution in [0, 0.1) is 0 Å². The third-order valence-electron chi connectivity index (χ3n) is 2.69. The Balaban J connectivity index is 2.48. The molecule has 0 radical (unpaired) electrons. The van der Waals surface area contributed by atoms with Crippen molar-refractivity contribution in [2.24, 2.45) is 0 Å². The predicted octanol–water partition coefficient (Wildman–Crippen LogP) is 3.24. The van der Waals surface area contributed by atoms with Crippen molar-refractivity contribution in [1.82, 2.24) is 5.32 Å². The molecule has 5 nitrogen and oxygen atoms in total. The van der Waals surface area contributed by atoms with Gasteiger partial charge in [-0.3, -0.25) is 9.59 Å². The molecular weight excluding hydrogens is 362 g/mol. The van der Waals surface area contributed by atoms with Crippen molar-refractivity contribution >= 4 is 39.4 Å². The van der Waals surface area contributed by atoms with Gasteiger partial charge in [-0.15, -0.1) is 0 Å². The van der Waals surface area contributed by atoms with Crippen LogP contribution in [0.15, 0.2) is 22.7 Å². The SMILES string of the molecule is CC(C)(CCC(=O)O)NC(=O)COc1ccc(Br)cc1Cl. The number of rotatable bonds is 7. The maximum Gasteiger partial charge on any atom is 0.303 e. The highest BCUT2D eigenvalue weighted by molar-refractivity contribution is 9.10. The minimum atomic E-state index is -0.893. The maximum atomic E-state index is 11.8. The molecule has 1 amide bonds. The van der Waals surface area contributed by atoms with Gasteiger partial charge in [-0.05, 0) is 38.5 Å². The van der Waals surface area contributed by atoms with Crippen LogP contribution in [-0.4, -0.2) is 29.1 Å². The molecule has 0 aromatic heterocycles. The minimum absolute atomic E-state index is 0.00726. The topological polar surface area (TPSA) is 75.6 Å². The van der Waals surface area contributed by atoms with Crippen molar-refractivity contribution in [2.45, 2.75) is 32.2 Å². The lowest BCUT2D eigenvalue weighted by Gasteiger charge is -2.25. The highest BCUT2D eigenvalue weighted by Crippen LogP contribution is 2.27. The first-order chi connectivity index (χ1) is 9.69. The number of hydrogen-bond acceptors (Lipinski definition) is 3. The first-order valence-electron chi connectivity index (χ1n) is 6.30. The van der Waals surface area contributed by atoms with Crippen molar-refractivity contribution in [2.75, 3.05) is 6.61 Å². The van der Waals surface area contributed by atoms with Gasteiger partial charge in [0, 0.05) is 16.4 Å². The molecule has 0 bridgehead atoms. The van der Waals surface area contributed by atoms with Crippen molar-refractivity contribution in [1.29, 1.82) is 0 Å². The smallest absolute Gasteiger partial charge is 0.303 e. The van der Waals surface area contributed by atoms with Crippen molar-refractivity contribution < 1.29 is 19.4 Å². The Morgan fingerprint density at radius 2 is 2.10 bits per heavy atom. The highest BCUT2D eigenvalue weighted by Gasteiger charge is 2.21. The number of carboxylic acid groups (broad SMARTS) is 1. The van der Waals surface area contributed by atoms with E-state index in [0.29, 0.717) is 17.2 Å². The summed E-state index contributed by atoms with van der Waals surface area (Å²) in [6.45, 7) is 3.35. The van der Waals surface area contributed by atoms with Crippen LogP contribution < -0.4 is 10.1 Å². The number of carboxylic acids is 1. The monoisotopic (exact) mass is 377 g/mol. The van der Waals surface area contributed by atoms with Crippen LogP contribution in [0.1, 0.15) is 26.7 Å². The fourth-order valence-electron chi connectivity index (χ4n) is 1.63. The highest BCUT2D eigenvalue weighted by atomic mass is 79.9. The number of hydrogen-bond donors (Lipinski definition) is 2. The largest absolute Gasteiger partial charge is 0.482 e. The lowest BCUT2D eigenvalue weighted by Crippen LogP contribution is -2.45. The van der Waals surface area contributed by atoms with Crippen LogP contribution in [0.25, 0.3) is 0 Å². The Kier molecular flexibility index (Phi) is 6.48. The average molecular weight is 379 g/mol. The number of carbonyl (C=O) groups is 2. The molecule has 0 heterocycles. The van der Waals surface area contributed by atoms with Crippen LogP contribution in [-0.2, 0) is 9.59 Å². The molecule has 1 aromatic rings. The first-order valence-corrected chi connectivity index (χ1v) is 7.47. The van der Waals surface area contributed by atoms with Crippen LogP contribution in [0.5, 0.6) is 5.75 Å². The summed E-state index contributed by atoms with van der Waals surface area (Å²) in [5.41, 5.74) is -0.609. The second-order valence-electron chi connectivity index (χ2n) is 5.19. The van der Waals surface area contributed by atoms with Gasteiger partial charge in [0.15, 0.2) is 6.61 Å². The lowest BCUT2D eigenvalue weighted by atomic mass is 9.98.